The number of H-pyrrole nitrogens is 1. The molecule has 4 aromatic carbocycles. The first-order valence-electron chi connectivity index (χ1n) is 11.4. The second-order valence-electron chi connectivity index (χ2n) is 8.38. The topological polar surface area (TPSA) is 272 Å². The third-order valence-corrected chi connectivity index (χ3v) is 8.22. The summed E-state index contributed by atoms with van der Waals surface area (Å²) >= 11 is 0.322. The first kappa shape index (κ1) is 39.4. The number of aromatic amines is 1. The number of nitrogens with one attached hydrogen (secondary N) is 2. The average Bonchev–Trinajstić information content (AvgIpc) is 2.93. The van der Waals surface area contributed by atoms with Crippen LogP contribution in [-0.2, 0) is 29.6 Å². The third-order valence-electron chi connectivity index (χ3n) is 5.78. The Hall–Kier alpha value is -2.75. The maximum atomic E-state index is 12.2. The number of aromatic nitrogens is 3. The molecule has 222 valence electrons. The van der Waals surface area contributed by atoms with E-state index in [0.29, 0.717) is 23.1 Å². The summed E-state index contributed by atoms with van der Waals surface area (Å²) in [5, 5.41) is 35.3. The van der Waals surface area contributed by atoms with Gasteiger partial charge in [0.05, 0.1) is 26.7 Å². The Kier molecular flexibility index (Phi) is 13.6. The molecule has 46 heavy (non-hydrogen) atoms. The van der Waals surface area contributed by atoms with E-state index in [4.69, 9.17) is 0 Å². The molecule has 0 spiro atoms. The van der Waals surface area contributed by atoms with Crippen molar-refractivity contribution in [2.45, 2.75) is 14.7 Å². The number of phenolic OH excluding ortho intramolecular Hbond substituents is 1. The Bertz CT molecular complexity index is 2220. The number of hydrogen-bond donors (Lipinski definition) is 3. The fourth-order valence-corrected chi connectivity index (χ4v) is 6.10. The first-order chi connectivity index (χ1) is 20.4. The maximum absolute atomic E-state index is 12.2. The number of nitrogens with zero attached hydrogens (tertiary/aromatic N) is 4. The molecule has 1 heterocycles. The van der Waals surface area contributed by atoms with E-state index < -0.39 is 52.5 Å². The van der Waals surface area contributed by atoms with E-state index in [9.17, 15) is 41.1 Å². The van der Waals surface area contributed by atoms with Crippen molar-refractivity contribution < 1.29 is 102 Å². The van der Waals surface area contributed by atoms with Crippen LogP contribution in [0.3, 0.4) is 0 Å². The summed E-state index contributed by atoms with van der Waals surface area (Å²) < 4.78 is 76.1. The van der Waals surface area contributed by atoms with Crippen molar-refractivity contribution in [1.29, 1.82) is 0 Å². The Morgan fingerprint density at radius 1 is 0.891 bits per heavy atom. The smallest absolute Gasteiger partial charge is 0.744 e. The summed E-state index contributed by atoms with van der Waals surface area (Å²) in [6, 6.07) is 11.1. The van der Waals surface area contributed by atoms with Crippen molar-refractivity contribution in [3.05, 3.63) is 71.4 Å². The van der Waals surface area contributed by atoms with Gasteiger partial charge in [0.15, 0.2) is 5.75 Å². The standard InChI is InChI=1S/C23H16N6O11S3.3Li/c30-20-13-5-4-12(26-22-24-10-25-23(31)27-22)8-11(13)9-17(41-40-39-32)19(20)29-28-16-7-6-14-15(21(16)43(36,37)38)2-1-3-18(14)42(33,34)35;;;/h1-10,30,32H,(H,33,34,35)(H,36,37,38)(H2,24,25,26,27,31);;;/q;3*+1/p-3. The van der Waals surface area contributed by atoms with Gasteiger partial charge in [0.1, 0.15) is 37.9 Å². The number of hydrogen-bond acceptors (Lipinski definition) is 17. The van der Waals surface area contributed by atoms with Gasteiger partial charge in [-0.25, -0.2) is 26.6 Å². The predicted molar refractivity (Wildman–Crippen MR) is 144 cm³/mol. The van der Waals surface area contributed by atoms with Crippen LogP contribution >= 0.6 is 12.0 Å². The Morgan fingerprint density at radius 3 is 2.26 bits per heavy atom. The van der Waals surface area contributed by atoms with Crippen molar-refractivity contribution in [3.63, 3.8) is 0 Å². The van der Waals surface area contributed by atoms with E-state index in [2.05, 4.69) is 39.9 Å². The molecule has 0 aliphatic heterocycles. The predicted octanol–water partition coefficient (Wildman–Crippen LogP) is -6.61. The van der Waals surface area contributed by atoms with Crippen LogP contribution in [-0.4, -0.2) is 46.0 Å². The van der Waals surface area contributed by atoms with Crippen LogP contribution < -0.4 is 72.8 Å². The minimum atomic E-state index is -5.32. The minimum absolute atomic E-state index is 0. The second kappa shape index (κ2) is 15.9. The minimum Gasteiger partial charge on any atom is -0.744 e. The molecule has 0 atom stereocenters. The molecule has 0 saturated carbocycles. The molecule has 23 heteroatoms. The van der Waals surface area contributed by atoms with Crippen LogP contribution in [0.25, 0.3) is 21.5 Å². The number of aromatic hydroxyl groups is 1. The van der Waals surface area contributed by atoms with E-state index in [1.165, 1.54) is 24.3 Å². The number of rotatable bonds is 9. The summed E-state index contributed by atoms with van der Waals surface area (Å²) in [6.45, 7) is 0. The van der Waals surface area contributed by atoms with Gasteiger partial charge in [-0.05, 0) is 41.8 Å². The molecule has 3 N–H and O–H groups in total. The zero-order valence-electron chi connectivity index (χ0n) is 23.8. The van der Waals surface area contributed by atoms with Crippen LogP contribution in [0.4, 0.5) is 23.0 Å². The van der Waals surface area contributed by atoms with Crippen molar-refractivity contribution in [1.82, 2.24) is 15.0 Å². The van der Waals surface area contributed by atoms with Crippen molar-refractivity contribution >= 4 is 76.8 Å². The number of azo groups is 1. The maximum Gasteiger partial charge on any atom is 1.00 e. The largest absolute Gasteiger partial charge is 1.00 e. The SMILES string of the molecule is O=c1ncnc(Nc2ccc3c(O)c(N=Nc4ccc5c(S(=O)(=O)[O-])cccc5c4S(=O)(=O)[O-])c(SOO[O-])cc3c2)[nH]1.[Li+].[Li+].[Li+]. The summed E-state index contributed by atoms with van der Waals surface area (Å²) in [5.74, 6) is -0.432. The van der Waals surface area contributed by atoms with Gasteiger partial charge in [0, 0.05) is 21.8 Å². The summed E-state index contributed by atoms with van der Waals surface area (Å²) in [6.07, 6.45) is 1.05. The van der Waals surface area contributed by atoms with Crippen molar-refractivity contribution in [2.75, 3.05) is 5.32 Å². The van der Waals surface area contributed by atoms with E-state index >= 15 is 0 Å². The fraction of sp³-hybridized carbons (Fsp3) is 0. The molecule has 5 rings (SSSR count). The number of anilines is 2. The first-order valence-corrected chi connectivity index (χ1v) is 14.9. The normalized spacial score (nSPS) is 11.5. The summed E-state index contributed by atoms with van der Waals surface area (Å²) in [5.41, 5.74) is -1.11. The molecule has 1 aromatic heterocycles. The van der Waals surface area contributed by atoms with Gasteiger partial charge < -0.3 is 24.8 Å². The molecule has 0 aliphatic carbocycles. The number of phenols is 1. The Morgan fingerprint density at radius 2 is 1.61 bits per heavy atom. The molecule has 0 fully saturated rings. The van der Waals surface area contributed by atoms with Crippen LogP contribution in [0.2, 0.25) is 0 Å². The Balaban J connectivity index is 0.00000245. The molecule has 17 nitrogen and oxygen atoms in total. The van der Waals surface area contributed by atoms with Crippen LogP contribution in [0.1, 0.15) is 0 Å². The molecule has 0 unspecified atom stereocenters. The van der Waals surface area contributed by atoms with Crippen LogP contribution in [0, 0.1) is 0 Å². The molecule has 0 amide bonds. The van der Waals surface area contributed by atoms with E-state index in [0.717, 1.165) is 36.7 Å². The Labute approximate surface area is 299 Å². The molecule has 5 aromatic rings. The van der Waals surface area contributed by atoms with Gasteiger partial charge >= 0.3 is 62.3 Å². The fourth-order valence-electron chi connectivity index (χ4n) is 4.10. The van der Waals surface area contributed by atoms with E-state index in [-0.39, 0.29) is 83.9 Å². The average molecular weight is 666 g/mol. The van der Waals surface area contributed by atoms with Gasteiger partial charge in [-0.2, -0.15) is 9.32 Å². The van der Waals surface area contributed by atoms with Crippen molar-refractivity contribution in [2.24, 2.45) is 10.2 Å². The molecule has 0 bridgehead atoms. The summed E-state index contributed by atoms with van der Waals surface area (Å²) in [7, 11) is -10.4. The van der Waals surface area contributed by atoms with Crippen LogP contribution in [0.5, 0.6) is 5.75 Å². The molecule has 0 saturated heterocycles. The van der Waals surface area contributed by atoms with Gasteiger partial charge in [0.2, 0.25) is 5.95 Å². The molecule has 0 aliphatic rings. The zero-order valence-corrected chi connectivity index (χ0v) is 26.3. The quantitative estimate of drug-likeness (QED) is 0.0329. The number of fused-ring (bicyclic) bond motifs is 2. The van der Waals surface area contributed by atoms with Gasteiger partial charge in [-0.15, -0.1) is 10.2 Å². The van der Waals surface area contributed by atoms with E-state index in [1.54, 1.807) is 0 Å². The summed E-state index contributed by atoms with van der Waals surface area (Å²) in [4.78, 5) is 19.4. The second-order valence-corrected chi connectivity index (χ2v) is 11.8. The molecule has 0 radical (unpaired) electrons. The van der Waals surface area contributed by atoms with Crippen molar-refractivity contribution in [3.8, 4) is 5.75 Å². The van der Waals surface area contributed by atoms with E-state index in [1.807, 2.05) is 0 Å². The zero-order chi connectivity index (χ0) is 30.9. The van der Waals surface area contributed by atoms with Gasteiger partial charge in [-0.3, -0.25) is 10.0 Å². The van der Waals surface area contributed by atoms with Gasteiger partial charge in [0.25, 0.3) is 0 Å². The third kappa shape index (κ3) is 8.58. The van der Waals surface area contributed by atoms with Gasteiger partial charge in [-0.1, -0.05) is 18.2 Å². The van der Waals surface area contributed by atoms with Crippen LogP contribution in [0.15, 0.2) is 90.6 Å². The monoisotopic (exact) mass is 666 g/mol. The number of benzene rings is 4. The molecular formula is C23H13Li3N6O11S3. The molecular weight excluding hydrogens is 653 g/mol.